The van der Waals surface area contributed by atoms with Crippen LogP contribution in [-0.2, 0) is 4.79 Å². The fraction of sp³-hybridized carbons (Fsp3) is 0.312. The van der Waals surface area contributed by atoms with E-state index in [-0.39, 0.29) is 23.3 Å². The van der Waals surface area contributed by atoms with Crippen molar-refractivity contribution in [3.63, 3.8) is 0 Å². The number of halogens is 1. The van der Waals surface area contributed by atoms with E-state index in [1.807, 2.05) is 0 Å². The number of piperidine rings is 1. The molecule has 1 aromatic heterocycles. The van der Waals surface area contributed by atoms with Crippen molar-refractivity contribution in [2.24, 2.45) is 5.92 Å². The third-order valence-corrected chi connectivity index (χ3v) is 4.53. The summed E-state index contributed by atoms with van der Waals surface area (Å²) in [5.41, 5.74) is 0.0495. The van der Waals surface area contributed by atoms with Crippen molar-refractivity contribution in [2.45, 2.75) is 12.8 Å². The summed E-state index contributed by atoms with van der Waals surface area (Å²) in [6, 6.07) is 5.92. The minimum absolute atomic E-state index is 0.0495. The number of likely N-dealkylation sites (tertiary alicyclic amines) is 1. The molecule has 1 atom stereocenters. The number of aromatic nitrogens is 1. The fourth-order valence-electron chi connectivity index (χ4n) is 2.67. The maximum atomic E-state index is 13.8. The number of rotatable bonds is 3. The van der Waals surface area contributed by atoms with Crippen molar-refractivity contribution in [1.82, 2.24) is 9.88 Å². The zero-order chi connectivity index (χ0) is 16.2. The highest BCUT2D eigenvalue weighted by atomic mass is 32.1. The van der Waals surface area contributed by atoms with E-state index in [0.717, 1.165) is 6.42 Å². The van der Waals surface area contributed by atoms with Crippen LogP contribution in [0.5, 0.6) is 0 Å². The molecule has 2 heterocycles. The molecule has 0 spiro atoms. The van der Waals surface area contributed by atoms with E-state index in [9.17, 15) is 14.0 Å². The van der Waals surface area contributed by atoms with Crippen molar-refractivity contribution >= 4 is 28.3 Å². The van der Waals surface area contributed by atoms with Crippen LogP contribution in [0.1, 0.15) is 23.2 Å². The zero-order valence-corrected chi connectivity index (χ0v) is 13.2. The van der Waals surface area contributed by atoms with E-state index in [1.54, 1.807) is 28.6 Å². The predicted molar refractivity (Wildman–Crippen MR) is 85.8 cm³/mol. The van der Waals surface area contributed by atoms with Gasteiger partial charge < -0.3 is 10.2 Å². The van der Waals surface area contributed by atoms with Gasteiger partial charge in [-0.05, 0) is 25.0 Å². The summed E-state index contributed by atoms with van der Waals surface area (Å²) in [6.07, 6.45) is 3.05. The molecule has 7 heteroatoms. The van der Waals surface area contributed by atoms with Gasteiger partial charge in [-0.15, -0.1) is 11.3 Å². The highest BCUT2D eigenvalue weighted by Gasteiger charge is 2.30. The molecule has 2 amide bonds. The number of nitrogens with one attached hydrogen (secondary N) is 1. The molecular formula is C16H16FN3O2S. The second kappa shape index (κ2) is 6.87. The van der Waals surface area contributed by atoms with Crippen molar-refractivity contribution in [1.29, 1.82) is 0 Å². The largest absolute Gasteiger partial charge is 0.338 e. The van der Waals surface area contributed by atoms with Gasteiger partial charge in [0.15, 0.2) is 5.13 Å². The maximum absolute atomic E-state index is 13.8. The molecule has 1 N–H and O–H groups in total. The molecule has 3 rings (SSSR count). The lowest BCUT2D eigenvalue weighted by Crippen LogP contribution is -2.44. The summed E-state index contributed by atoms with van der Waals surface area (Å²) in [6.45, 7) is 0.832. The molecule has 1 aromatic carbocycles. The van der Waals surface area contributed by atoms with Gasteiger partial charge in [0.1, 0.15) is 5.82 Å². The Morgan fingerprint density at radius 2 is 2.17 bits per heavy atom. The highest BCUT2D eigenvalue weighted by molar-refractivity contribution is 7.13. The van der Waals surface area contributed by atoms with Crippen LogP contribution in [0, 0.1) is 11.7 Å². The van der Waals surface area contributed by atoms with Gasteiger partial charge in [-0.3, -0.25) is 9.59 Å². The lowest BCUT2D eigenvalue weighted by atomic mass is 9.96. The summed E-state index contributed by atoms with van der Waals surface area (Å²) in [4.78, 5) is 30.3. The van der Waals surface area contributed by atoms with E-state index in [0.29, 0.717) is 24.6 Å². The Morgan fingerprint density at radius 3 is 2.91 bits per heavy atom. The Labute approximate surface area is 137 Å². The third-order valence-electron chi connectivity index (χ3n) is 3.85. The Bertz CT molecular complexity index is 705. The lowest BCUT2D eigenvalue weighted by Gasteiger charge is -2.32. The van der Waals surface area contributed by atoms with E-state index in [4.69, 9.17) is 0 Å². The molecule has 0 saturated carbocycles. The lowest BCUT2D eigenvalue weighted by molar-refractivity contribution is -0.121. The molecule has 120 valence electrons. The topological polar surface area (TPSA) is 62.3 Å². The first-order chi connectivity index (χ1) is 11.1. The average Bonchev–Trinajstić information content (AvgIpc) is 3.08. The Kier molecular flexibility index (Phi) is 4.66. The number of anilines is 1. The van der Waals surface area contributed by atoms with Crippen LogP contribution in [-0.4, -0.2) is 34.8 Å². The normalized spacial score (nSPS) is 17.8. The van der Waals surface area contributed by atoms with Crippen LogP contribution in [0.25, 0.3) is 0 Å². The number of hydrogen-bond donors (Lipinski definition) is 1. The van der Waals surface area contributed by atoms with Gasteiger partial charge in [-0.2, -0.15) is 0 Å². The Morgan fingerprint density at radius 1 is 1.35 bits per heavy atom. The SMILES string of the molecule is O=C(Nc1nccs1)C1CCCN(C(=O)c2ccccc2F)C1. The number of hydrogen-bond acceptors (Lipinski definition) is 4. The molecule has 1 saturated heterocycles. The first-order valence-electron chi connectivity index (χ1n) is 7.39. The molecular weight excluding hydrogens is 317 g/mol. The number of carbonyl (C=O) groups excluding carboxylic acids is 2. The van der Waals surface area contributed by atoms with Crippen LogP contribution in [0.4, 0.5) is 9.52 Å². The summed E-state index contributed by atoms with van der Waals surface area (Å²) < 4.78 is 13.8. The van der Waals surface area contributed by atoms with Crippen molar-refractivity contribution in [3.8, 4) is 0 Å². The monoisotopic (exact) mass is 333 g/mol. The van der Waals surface area contributed by atoms with Gasteiger partial charge >= 0.3 is 0 Å². The van der Waals surface area contributed by atoms with Gasteiger partial charge in [0, 0.05) is 24.7 Å². The number of amides is 2. The third kappa shape index (κ3) is 3.56. The molecule has 1 aliphatic heterocycles. The van der Waals surface area contributed by atoms with Crippen LogP contribution in [0.2, 0.25) is 0 Å². The molecule has 1 fully saturated rings. The second-order valence-electron chi connectivity index (χ2n) is 5.40. The number of carbonyl (C=O) groups is 2. The molecule has 0 bridgehead atoms. The second-order valence-corrected chi connectivity index (χ2v) is 6.29. The predicted octanol–water partition coefficient (Wildman–Crippen LogP) is 2.77. The minimum atomic E-state index is -0.535. The van der Waals surface area contributed by atoms with Crippen LogP contribution in [0.15, 0.2) is 35.8 Å². The standard InChI is InChI=1S/C16H16FN3O2S/c17-13-6-2-1-5-12(13)15(22)20-8-3-4-11(10-20)14(21)19-16-18-7-9-23-16/h1-2,5-7,9,11H,3-4,8,10H2,(H,18,19,21). The van der Waals surface area contributed by atoms with Crippen LogP contribution >= 0.6 is 11.3 Å². The van der Waals surface area contributed by atoms with Gasteiger partial charge in [0.25, 0.3) is 5.91 Å². The summed E-state index contributed by atoms with van der Waals surface area (Å²) in [5.74, 6) is -1.35. The molecule has 1 aliphatic rings. The average molecular weight is 333 g/mol. The molecule has 23 heavy (non-hydrogen) atoms. The van der Waals surface area contributed by atoms with Gasteiger partial charge in [0.2, 0.25) is 5.91 Å². The molecule has 0 radical (unpaired) electrons. The van der Waals surface area contributed by atoms with Gasteiger partial charge in [-0.25, -0.2) is 9.37 Å². The molecule has 0 aliphatic carbocycles. The smallest absolute Gasteiger partial charge is 0.256 e. The van der Waals surface area contributed by atoms with Crippen molar-refractivity contribution < 1.29 is 14.0 Å². The zero-order valence-electron chi connectivity index (χ0n) is 12.4. The van der Waals surface area contributed by atoms with Crippen LogP contribution in [0.3, 0.4) is 0 Å². The Hall–Kier alpha value is -2.28. The minimum Gasteiger partial charge on any atom is -0.338 e. The summed E-state index contributed by atoms with van der Waals surface area (Å²) >= 11 is 1.35. The first kappa shape index (κ1) is 15.6. The van der Waals surface area contributed by atoms with Crippen LogP contribution < -0.4 is 5.32 Å². The van der Waals surface area contributed by atoms with E-state index in [2.05, 4.69) is 10.3 Å². The quantitative estimate of drug-likeness (QED) is 0.939. The van der Waals surface area contributed by atoms with E-state index < -0.39 is 5.82 Å². The van der Waals surface area contributed by atoms with Gasteiger partial charge in [0.05, 0.1) is 11.5 Å². The molecule has 2 aromatic rings. The first-order valence-corrected chi connectivity index (χ1v) is 8.27. The van der Waals surface area contributed by atoms with Crippen molar-refractivity contribution in [2.75, 3.05) is 18.4 Å². The summed E-state index contributed by atoms with van der Waals surface area (Å²) in [7, 11) is 0. The van der Waals surface area contributed by atoms with E-state index >= 15 is 0 Å². The number of nitrogens with zero attached hydrogens (tertiary/aromatic N) is 2. The van der Waals surface area contributed by atoms with Crippen molar-refractivity contribution in [3.05, 3.63) is 47.2 Å². The molecule has 1 unspecified atom stereocenters. The molecule has 5 nitrogen and oxygen atoms in total. The number of benzene rings is 1. The Balaban J connectivity index is 1.67. The summed E-state index contributed by atoms with van der Waals surface area (Å²) in [5, 5.41) is 5.09. The fourth-order valence-corrected chi connectivity index (χ4v) is 3.21. The van der Waals surface area contributed by atoms with E-state index in [1.165, 1.54) is 23.5 Å². The highest BCUT2D eigenvalue weighted by Crippen LogP contribution is 2.22. The number of thiazole rings is 1. The maximum Gasteiger partial charge on any atom is 0.256 e. The van der Waals surface area contributed by atoms with Gasteiger partial charge in [-0.1, -0.05) is 12.1 Å².